The average Bonchev–Trinajstić information content (AvgIpc) is 2.14. The van der Waals surface area contributed by atoms with E-state index in [2.05, 4.69) is 29.8 Å². The molecule has 0 bridgehead atoms. The zero-order valence-corrected chi connectivity index (χ0v) is 8.81. The summed E-state index contributed by atoms with van der Waals surface area (Å²) in [5.41, 5.74) is 0. The Morgan fingerprint density at radius 3 is 2.69 bits per heavy atom. The maximum atomic E-state index is 10.8. The number of hydrogen-bond acceptors (Lipinski definition) is 2. The van der Waals surface area contributed by atoms with Gasteiger partial charge in [0.2, 0.25) is 0 Å². The lowest BCUT2D eigenvalue weighted by Gasteiger charge is -2.13. The maximum absolute atomic E-state index is 10.8. The number of amides is 2. The van der Waals surface area contributed by atoms with E-state index >= 15 is 0 Å². The number of carbonyl (C=O) groups is 1. The molecule has 13 heavy (non-hydrogen) atoms. The van der Waals surface area contributed by atoms with Gasteiger partial charge in [0.15, 0.2) is 0 Å². The molecule has 4 nitrogen and oxygen atoms in total. The minimum absolute atomic E-state index is 0.121. The summed E-state index contributed by atoms with van der Waals surface area (Å²) in [7, 11) is 1.62. The lowest BCUT2D eigenvalue weighted by molar-refractivity contribution is 0.241. The molecule has 1 atom stereocenters. The van der Waals surface area contributed by atoms with Crippen LogP contribution in [-0.4, -0.2) is 32.2 Å². The number of nitrogens with one attached hydrogen (secondary N) is 3. The van der Waals surface area contributed by atoms with Gasteiger partial charge in [-0.15, -0.1) is 0 Å². The molecule has 0 rings (SSSR count). The molecule has 0 aromatic heterocycles. The Labute approximate surface area is 80.5 Å². The molecule has 0 aliphatic carbocycles. The summed E-state index contributed by atoms with van der Waals surface area (Å²) in [5, 5.41) is 8.58. The summed E-state index contributed by atoms with van der Waals surface area (Å²) in [6.07, 6.45) is 2.38. The Kier molecular flexibility index (Phi) is 7.39. The van der Waals surface area contributed by atoms with E-state index in [1.807, 2.05) is 0 Å². The van der Waals surface area contributed by atoms with Crippen LogP contribution in [-0.2, 0) is 0 Å². The minimum Gasteiger partial charge on any atom is -0.341 e. The second-order valence-corrected chi connectivity index (χ2v) is 3.17. The summed E-state index contributed by atoms with van der Waals surface area (Å²) >= 11 is 0. The third-order valence-electron chi connectivity index (χ3n) is 1.82. The fourth-order valence-electron chi connectivity index (χ4n) is 0.932. The summed E-state index contributed by atoms with van der Waals surface area (Å²) in [4.78, 5) is 10.8. The second-order valence-electron chi connectivity index (χ2n) is 3.17. The first kappa shape index (κ1) is 12.2. The number of carbonyl (C=O) groups excluding carboxylic acids is 1. The molecule has 1 unspecified atom stereocenters. The van der Waals surface area contributed by atoms with Crippen molar-refractivity contribution < 1.29 is 4.79 Å². The lowest BCUT2D eigenvalue weighted by atomic mass is 10.3. The summed E-state index contributed by atoms with van der Waals surface area (Å²) in [6.45, 7) is 5.91. The third kappa shape index (κ3) is 7.59. The van der Waals surface area contributed by atoms with E-state index in [1.165, 1.54) is 12.8 Å². The first-order valence-corrected chi connectivity index (χ1v) is 4.89. The lowest BCUT2D eigenvalue weighted by Crippen LogP contribution is -2.42. The Morgan fingerprint density at radius 1 is 1.46 bits per heavy atom. The van der Waals surface area contributed by atoms with Gasteiger partial charge in [0.1, 0.15) is 0 Å². The molecule has 4 heteroatoms. The van der Waals surface area contributed by atoms with Gasteiger partial charge < -0.3 is 16.0 Å². The molecule has 3 N–H and O–H groups in total. The van der Waals surface area contributed by atoms with Crippen molar-refractivity contribution >= 4 is 6.03 Å². The largest absolute Gasteiger partial charge is 0.341 e. The first-order valence-electron chi connectivity index (χ1n) is 4.89. The van der Waals surface area contributed by atoms with Gasteiger partial charge in [0, 0.05) is 19.6 Å². The summed E-state index contributed by atoms with van der Waals surface area (Å²) < 4.78 is 0. The highest BCUT2D eigenvalue weighted by molar-refractivity contribution is 5.73. The van der Waals surface area contributed by atoms with Gasteiger partial charge in [-0.25, -0.2) is 4.79 Å². The average molecular weight is 187 g/mol. The van der Waals surface area contributed by atoms with Crippen LogP contribution in [0.4, 0.5) is 4.79 Å². The van der Waals surface area contributed by atoms with E-state index in [9.17, 15) is 4.79 Å². The molecule has 0 aromatic rings. The normalized spacial score (nSPS) is 12.2. The summed E-state index contributed by atoms with van der Waals surface area (Å²) in [6, 6.07) is 0.216. The van der Waals surface area contributed by atoms with E-state index in [-0.39, 0.29) is 6.03 Å². The number of urea groups is 1. The Morgan fingerprint density at radius 2 is 2.15 bits per heavy atom. The van der Waals surface area contributed by atoms with Crippen molar-refractivity contribution in [3.63, 3.8) is 0 Å². The second kappa shape index (κ2) is 7.86. The van der Waals surface area contributed by atoms with Crippen molar-refractivity contribution in [3.05, 3.63) is 0 Å². The Hall–Kier alpha value is -0.770. The van der Waals surface area contributed by atoms with Crippen LogP contribution in [0.15, 0.2) is 0 Å². The topological polar surface area (TPSA) is 53.2 Å². The van der Waals surface area contributed by atoms with Crippen molar-refractivity contribution in [1.29, 1.82) is 0 Å². The molecular formula is C9H21N3O. The van der Waals surface area contributed by atoms with Crippen molar-refractivity contribution in [2.45, 2.75) is 32.7 Å². The van der Waals surface area contributed by atoms with Gasteiger partial charge in [0.25, 0.3) is 0 Å². The predicted molar refractivity (Wildman–Crippen MR) is 54.8 cm³/mol. The van der Waals surface area contributed by atoms with Crippen LogP contribution >= 0.6 is 0 Å². The fourth-order valence-corrected chi connectivity index (χ4v) is 0.932. The molecule has 0 spiro atoms. The minimum atomic E-state index is -0.121. The van der Waals surface area contributed by atoms with E-state index < -0.39 is 0 Å². The fraction of sp³-hybridized carbons (Fsp3) is 0.889. The van der Waals surface area contributed by atoms with Gasteiger partial charge in [0.05, 0.1) is 0 Å². The van der Waals surface area contributed by atoms with Gasteiger partial charge in [-0.1, -0.05) is 13.3 Å². The molecule has 0 heterocycles. The Bertz CT molecular complexity index is 139. The van der Waals surface area contributed by atoms with Crippen molar-refractivity contribution in [1.82, 2.24) is 16.0 Å². The van der Waals surface area contributed by atoms with Crippen LogP contribution in [0.5, 0.6) is 0 Å². The van der Waals surface area contributed by atoms with E-state index in [1.54, 1.807) is 7.05 Å². The zero-order chi connectivity index (χ0) is 10.1. The molecule has 78 valence electrons. The van der Waals surface area contributed by atoms with Crippen LogP contribution in [0.25, 0.3) is 0 Å². The van der Waals surface area contributed by atoms with Crippen LogP contribution in [0.2, 0.25) is 0 Å². The van der Waals surface area contributed by atoms with Crippen LogP contribution in [0.3, 0.4) is 0 Å². The van der Waals surface area contributed by atoms with Gasteiger partial charge in [-0.3, -0.25) is 0 Å². The van der Waals surface area contributed by atoms with Crippen LogP contribution in [0.1, 0.15) is 26.7 Å². The highest BCUT2D eigenvalue weighted by Crippen LogP contribution is 1.85. The first-order chi connectivity index (χ1) is 6.20. The van der Waals surface area contributed by atoms with E-state index in [0.29, 0.717) is 12.6 Å². The van der Waals surface area contributed by atoms with Crippen LogP contribution < -0.4 is 16.0 Å². The van der Waals surface area contributed by atoms with E-state index in [4.69, 9.17) is 0 Å². The van der Waals surface area contributed by atoms with Crippen molar-refractivity contribution in [2.24, 2.45) is 0 Å². The molecule has 0 radical (unpaired) electrons. The van der Waals surface area contributed by atoms with Crippen LogP contribution in [0, 0.1) is 0 Å². The van der Waals surface area contributed by atoms with Gasteiger partial charge in [-0.2, -0.15) is 0 Å². The molecule has 0 aromatic carbocycles. The number of rotatable bonds is 6. The Balaban J connectivity index is 3.29. The molecule has 0 saturated carbocycles. The zero-order valence-electron chi connectivity index (χ0n) is 8.81. The highest BCUT2D eigenvalue weighted by Gasteiger charge is 2.01. The third-order valence-corrected chi connectivity index (χ3v) is 1.82. The SMILES string of the molecule is CCCCNC(C)CNC(=O)NC. The molecule has 0 aliphatic rings. The van der Waals surface area contributed by atoms with Crippen molar-refractivity contribution in [2.75, 3.05) is 20.1 Å². The molecule has 2 amide bonds. The van der Waals surface area contributed by atoms with Crippen molar-refractivity contribution in [3.8, 4) is 0 Å². The molecule has 0 fully saturated rings. The highest BCUT2D eigenvalue weighted by atomic mass is 16.2. The standard InChI is InChI=1S/C9H21N3O/c1-4-5-6-11-8(2)7-12-9(13)10-3/h8,11H,4-7H2,1-3H3,(H2,10,12,13). The smallest absolute Gasteiger partial charge is 0.314 e. The maximum Gasteiger partial charge on any atom is 0.314 e. The predicted octanol–water partition coefficient (Wildman–Crippen LogP) is 0.694. The van der Waals surface area contributed by atoms with Gasteiger partial charge in [-0.05, 0) is 19.9 Å². The molecular weight excluding hydrogens is 166 g/mol. The molecule has 0 aliphatic heterocycles. The quantitative estimate of drug-likeness (QED) is 0.536. The van der Waals surface area contributed by atoms with E-state index in [0.717, 1.165) is 6.54 Å². The van der Waals surface area contributed by atoms with Gasteiger partial charge >= 0.3 is 6.03 Å². The molecule has 0 saturated heterocycles. The summed E-state index contributed by atoms with van der Waals surface area (Å²) in [5.74, 6) is 0. The monoisotopic (exact) mass is 187 g/mol. The number of hydrogen-bond donors (Lipinski definition) is 3. The number of unbranched alkanes of at least 4 members (excludes halogenated alkanes) is 1.